The van der Waals surface area contributed by atoms with Gasteiger partial charge in [0.25, 0.3) is 0 Å². The summed E-state index contributed by atoms with van der Waals surface area (Å²) in [6, 6.07) is 7.37. The number of esters is 1. The molecule has 0 fully saturated rings. The van der Waals surface area contributed by atoms with Crippen molar-refractivity contribution in [1.82, 2.24) is 0 Å². The first kappa shape index (κ1) is 16.0. The predicted molar refractivity (Wildman–Crippen MR) is 81.9 cm³/mol. The molecule has 0 aliphatic carbocycles. The fraction of sp³-hybridized carbons (Fsp3) is 0.294. The Balaban J connectivity index is 2.01. The van der Waals surface area contributed by atoms with E-state index in [1.54, 1.807) is 19.9 Å². The van der Waals surface area contributed by atoms with Crippen LogP contribution in [-0.4, -0.2) is 31.1 Å². The molecule has 0 spiro atoms. The number of benzene rings is 1. The van der Waals surface area contributed by atoms with Gasteiger partial charge in [0, 0.05) is 10.9 Å². The van der Waals surface area contributed by atoms with Crippen molar-refractivity contribution >= 4 is 22.7 Å². The van der Waals surface area contributed by atoms with Gasteiger partial charge in [-0.1, -0.05) is 24.3 Å². The van der Waals surface area contributed by atoms with Crippen molar-refractivity contribution < 1.29 is 23.5 Å². The molecule has 2 rings (SSSR count). The molecular formula is C17H18O5. The van der Waals surface area contributed by atoms with E-state index in [4.69, 9.17) is 13.9 Å². The Morgan fingerprint density at radius 3 is 2.77 bits per heavy atom. The molecule has 5 nitrogen and oxygen atoms in total. The van der Waals surface area contributed by atoms with Crippen LogP contribution in [0.2, 0.25) is 0 Å². The average molecular weight is 302 g/mol. The molecule has 1 atom stereocenters. The summed E-state index contributed by atoms with van der Waals surface area (Å²) in [5.74, 6) is -0.754. The molecule has 1 heterocycles. The third-order valence-electron chi connectivity index (χ3n) is 3.24. The normalized spacial score (nSPS) is 12.1. The van der Waals surface area contributed by atoms with E-state index in [1.807, 2.05) is 18.2 Å². The Kier molecular flexibility index (Phi) is 5.12. The number of ketones is 1. The van der Waals surface area contributed by atoms with Crippen LogP contribution in [0, 0.1) is 6.92 Å². The van der Waals surface area contributed by atoms with E-state index in [0.717, 1.165) is 10.9 Å². The number of Topliss-reactive ketones (excluding diaryl/α,β-unsaturated/α-hetero) is 1. The van der Waals surface area contributed by atoms with Crippen molar-refractivity contribution in [2.45, 2.75) is 20.0 Å². The highest BCUT2D eigenvalue weighted by Crippen LogP contribution is 2.25. The minimum Gasteiger partial charge on any atom is -0.455 e. The van der Waals surface area contributed by atoms with Crippen LogP contribution >= 0.6 is 0 Å². The zero-order chi connectivity index (χ0) is 16.1. The molecule has 0 saturated heterocycles. The first-order valence-electron chi connectivity index (χ1n) is 6.95. The highest BCUT2D eigenvalue weighted by atomic mass is 16.6. The van der Waals surface area contributed by atoms with Gasteiger partial charge in [0.1, 0.15) is 5.58 Å². The minimum atomic E-state index is -0.748. The van der Waals surface area contributed by atoms with Gasteiger partial charge < -0.3 is 13.9 Å². The summed E-state index contributed by atoms with van der Waals surface area (Å²) >= 11 is 0. The second-order valence-corrected chi connectivity index (χ2v) is 4.85. The summed E-state index contributed by atoms with van der Waals surface area (Å²) in [6.45, 7) is 6.72. The van der Waals surface area contributed by atoms with E-state index < -0.39 is 12.1 Å². The van der Waals surface area contributed by atoms with Crippen molar-refractivity contribution in [3.05, 3.63) is 48.2 Å². The molecular weight excluding hydrogens is 284 g/mol. The summed E-state index contributed by atoms with van der Waals surface area (Å²) in [5, 5.41) is 0.875. The van der Waals surface area contributed by atoms with Gasteiger partial charge in [-0.15, -0.1) is 6.58 Å². The first-order valence-corrected chi connectivity index (χ1v) is 6.95. The Morgan fingerprint density at radius 2 is 2.09 bits per heavy atom. The van der Waals surface area contributed by atoms with Gasteiger partial charge in [-0.3, -0.25) is 4.79 Å². The number of aryl methyl sites for hydroxylation is 1. The van der Waals surface area contributed by atoms with Gasteiger partial charge >= 0.3 is 5.97 Å². The number of ether oxygens (including phenoxy) is 2. The van der Waals surface area contributed by atoms with Crippen LogP contribution in [0.15, 0.2) is 41.3 Å². The molecule has 5 heteroatoms. The molecule has 1 aromatic heterocycles. The number of rotatable bonds is 7. The number of carbonyl (C=O) groups excluding carboxylic acids is 2. The number of fused-ring (bicyclic) bond motifs is 1. The molecule has 0 bridgehead atoms. The van der Waals surface area contributed by atoms with Crippen molar-refractivity contribution in [3.8, 4) is 0 Å². The Morgan fingerprint density at radius 1 is 1.36 bits per heavy atom. The molecule has 0 amide bonds. The van der Waals surface area contributed by atoms with Crippen LogP contribution in [0.4, 0.5) is 0 Å². The fourth-order valence-corrected chi connectivity index (χ4v) is 2.04. The minimum absolute atomic E-state index is 0.216. The van der Waals surface area contributed by atoms with Crippen molar-refractivity contribution in [3.63, 3.8) is 0 Å². The van der Waals surface area contributed by atoms with Crippen LogP contribution in [0.5, 0.6) is 0 Å². The predicted octanol–water partition coefficient (Wildman–Crippen LogP) is 3.06. The maximum absolute atomic E-state index is 12.1. The molecule has 0 N–H and O–H groups in total. The molecule has 1 aromatic carbocycles. The number of para-hydroxylation sites is 1. The molecule has 116 valence electrons. The lowest BCUT2D eigenvalue weighted by molar-refractivity contribution is -0.154. The third kappa shape index (κ3) is 3.43. The topological polar surface area (TPSA) is 65.7 Å². The Bertz CT molecular complexity index is 698. The van der Waals surface area contributed by atoms with Crippen LogP contribution in [-0.2, 0) is 14.3 Å². The van der Waals surface area contributed by atoms with E-state index in [9.17, 15) is 9.59 Å². The highest BCUT2D eigenvalue weighted by Gasteiger charge is 2.21. The molecule has 0 aliphatic rings. The summed E-state index contributed by atoms with van der Waals surface area (Å²) in [6.07, 6.45) is 0.787. The number of carbonyl (C=O) groups is 2. The summed E-state index contributed by atoms with van der Waals surface area (Å²) in [7, 11) is 0. The van der Waals surface area contributed by atoms with Gasteiger partial charge in [0.2, 0.25) is 5.78 Å². The quantitative estimate of drug-likeness (QED) is 0.447. The molecule has 22 heavy (non-hydrogen) atoms. The standard InChI is InChI=1S/C17H18O5/c1-4-9-20-12(3)17(19)21-10-14(18)16-11(2)13-7-5-6-8-15(13)22-16/h4-8,12H,1,9-10H2,2-3H3. The second kappa shape index (κ2) is 7.04. The van der Waals surface area contributed by atoms with Gasteiger partial charge in [-0.05, 0) is 19.9 Å². The molecule has 2 aromatic rings. The molecule has 1 unspecified atom stereocenters. The van der Waals surface area contributed by atoms with Crippen molar-refractivity contribution in [2.24, 2.45) is 0 Å². The summed E-state index contributed by atoms with van der Waals surface area (Å²) < 4.78 is 15.6. The smallest absolute Gasteiger partial charge is 0.335 e. The Labute approximate surface area is 128 Å². The van der Waals surface area contributed by atoms with E-state index in [2.05, 4.69) is 6.58 Å². The zero-order valence-electron chi connectivity index (χ0n) is 12.6. The number of hydrogen-bond donors (Lipinski definition) is 0. The maximum atomic E-state index is 12.1. The van der Waals surface area contributed by atoms with Crippen LogP contribution in [0.1, 0.15) is 23.0 Å². The SMILES string of the molecule is C=CCOC(C)C(=O)OCC(=O)c1oc2ccccc2c1C. The monoisotopic (exact) mass is 302 g/mol. The lowest BCUT2D eigenvalue weighted by atomic mass is 10.1. The fourth-order valence-electron chi connectivity index (χ4n) is 2.04. The van der Waals surface area contributed by atoms with E-state index in [-0.39, 0.29) is 24.8 Å². The van der Waals surface area contributed by atoms with E-state index in [1.165, 1.54) is 6.08 Å². The largest absolute Gasteiger partial charge is 0.455 e. The third-order valence-corrected chi connectivity index (χ3v) is 3.24. The first-order chi connectivity index (χ1) is 10.5. The molecule has 0 aliphatic heterocycles. The van der Waals surface area contributed by atoms with Gasteiger partial charge in [0.05, 0.1) is 6.61 Å². The second-order valence-electron chi connectivity index (χ2n) is 4.85. The van der Waals surface area contributed by atoms with E-state index >= 15 is 0 Å². The average Bonchev–Trinajstić information content (AvgIpc) is 2.87. The summed E-state index contributed by atoms with van der Waals surface area (Å²) in [4.78, 5) is 23.8. The van der Waals surface area contributed by atoms with Gasteiger partial charge in [-0.25, -0.2) is 4.79 Å². The highest BCUT2D eigenvalue weighted by molar-refractivity contribution is 6.01. The Hall–Kier alpha value is -2.40. The van der Waals surface area contributed by atoms with Crippen LogP contribution < -0.4 is 0 Å². The van der Waals surface area contributed by atoms with Gasteiger partial charge in [0.15, 0.2) is 18.5 Å². The van der Waals surface area contributed by atoms with Crippen LogP contribution in [0.25, 0.3) is 11.0 Å². The van der Waals surface area contributed by atoms with Crippen LogP contribution in [0.3, 0.4) is 0 Å². The van der Waals surface area contributed by atoms with Crippen molar-refractivity contribution in [2.75, 3.05) is 13.2 Å². The van der Waals surface area contributed by atoms with Crippen molar-refractivity contribution in [1.29, 1.82) is 0 Å². The molecule has 0 saturated carbocycles. The number of furan rings is 1. The lowest BCUT2D eigenvalue weighted by Crippen LogP contribution is -2.26. The maximum Gasteiger partial charge on any atom is 0.335 e. The lowest BCUT2D eigenvalue weighted by Gasteiger charge is -2.10. The zero-order valence-corrected chi connectivity index (χ0v) is 12.6. The number of hydrogen-bond acceptors (Lipinski definition) is 5. The van der Waals surface area contributed by atoms with Gasteiger partial charge in [-0.2, -0.15) is 0 Å². The molecule has 0 radical (unpaired) electrons. The summed E-state index contributed by atoms with van der Waals surface area (Å²) in [5.41, 5.74) is 1.38. The van der Waals surface area contributed by atoms with E-state index in [0.29, 0.717) is 5.58 Å².